The normalized spacial score (nSPS) is 17.7. The zero-order valence-electron chi connectivity index (χ0n) is 18.4. The van der Waals surface area contributed by atoms with Crippen LogP contribution in [0.2, 0.25) is 0 Å². The molecule has 0 bridgehead atoms. The molecule has 2 N–H and O–H groups in total. The van der Waals surface area contributed by atoms with Crippen LogP contribution >= 0.6 is 12.4 Å². The molecular formula is C22H36ClF3N2O. The molecule has 1 heterocycles. The minimum atomic E-state index is -4.18. The lowest BCUT2D eigenvalue weighted by atomic mass is 9.77. The Morgan fingerprint density at radius 3 is 1.79 bits per heavy atom. The van der Waals surface area contributed by atoms with Gasteiger partial charge in [-0.1, -0.05) is 41.5 Å². The van der Waals surface area contributed by atoms with E-state index in [1.54, 1.807) is 0 Å². The van der Waals surface area contributed by atoms with Gasteiger partial charge in [0.25, 0.3) is 0 Å². The van der Waals surface area contributed by atoms with Crippen LogP contribution in [0.15, 0.2) is 12.1 Å². The molecule has 1 aromatic carbocycles. The maximum Gasteiger partial charge on any atom is 0.389 e. The number of hydrogen-bond donors (Lipinski definition) is 2. The summed E-state index contributed by atoms with van der Waals surface area (Å²) in [5.74, 6) is 0.263. The average Bonchev–Trinajstić information content (AvgIpc) is 2.54. The highest BCUT2D eigenvalue weighted by Crippen LogP contribution is 2.42. The smallest absolute Gasteiger partial charge is 0.389 e. The van der Waals surface area contributed by atoms with Crippen LogP contribution in [0.3, 0.4) is 0 Å². The maximum atomic E-state index is 13.0. The molecule has 0 aliphatic carbocycles. The molecule has 1 aliphatic heterocycles. The van der Waals surface area contributed by atoms with Crippen molar-refractivity contribution in [3.05, 3.63) is 28.8 Å². The molecule has 168 valence electrons. The van der Waals surface area contributed by atoms with Crippen molar-refractivity contribution in [3.63, 3.8) is 0 Å². The Labute approximate surface area is 179 Å². The van der Waals surface area contributed by atoms with E-state index in [1.807, 2.05) is 53.7 Å². The standard InChI is InChI=1S/C22H35F3N2O.ClH/c1-20(2,3)16-13-15(14-17(19(16)28)21(4,5)6)18(7-8-22(23,24)25)27-11-9-26-10-12-27;/h13-14,18,26,28H,7-12H2,1-6H3;1H/t18-;/m1./s1. The molecule has 1 aromatic rings. The van der Waals surface area contributed by atoms with Crippen LogP contribution in [0.5, 0.6) is 5.75 Å². The molecule has 7 heteroatoms. The number of piperazine rings is 1. The van der Waals surface area contributed by atoms with E-state index in [0.717, 1.165) is 42.9 Å². The summed E-state index contributed by atoms with van der Waals surface area (Å²) in [6.07, 6.45) is -4.96. The van der Waals surface area contributed by atoms with E-state index in [-0.39, 0.29) is 41.4 Å². The summed E-state index contributed by atoms with van der Waals surface area (Å²) in [4.78, 5) is 2.15. The fourth-order valence-corrected chi connectivity index (χ4v) is 3.85. The minimum absolute atomic E-state index is 0. The molecule has 1 fully saturated rings. The molecule has 0 radical (unpaired) electrons. The number of hydrogen-bond acceptors (Lipinski definition) is 3. The number of phenolic OH excluding ortho intramolecular Hbond substituents is 1. The maximum absolute atomic E-state index is 13.0. The highest BCUT2D eigenvalue weighted by atomic mass is 35.5. The lowest BCUT2D eigenvalue weighted by Gasteiger charge is -2.37. The van der Waals surface area contributed by atoms with Gasteiger partial charge in [0, 0.05) is 38.6 Å². The third-order valence-electron chi connectivity index (χ3n) is 5.43. The lowest BCUT2D eigenvalue weighted by Crippen LogP contribution is -2.45. The zero-order valence-corrected chi connectivity index (χ0v) is 19.2. The Kier molecular flexibility index (Phi) is 8.48. The molecule has 0 amide bonds. The monoisotopic (exact) mass is 436 g/mol. The summed E-state index contributed by atoms with van der Waals surface area (Å²) in [5, 5.41) is 14.2. The van der Waals surface area contributed by atoms with E-state index in [9.17, 15) is 18.3 Å². The summed E-state index contributed by atoms with van der Waals surface area (Å²) in [6.45, 7) is 15.1. The van der Waals surface area contributed by atoms with Gasteiger partial charge in [0.2, 0.25) is 0 Å². The second-order valence-electron chi connectivity index (χ2n) is 9.92. The van der Waals surface area contributed by atoms with E-state index < -0.39 is 12.6 Å². The van der Waals surface area contributed by atoms with Gasteiger partial charge in [-0.15, -0.1) is 12.4 Å². The molecule has 3 nitrogen and oxygen atoms in total. The molecule has 1 atom stereocenters. The van der Waals surface area contributed by atoms with Gasteiger partial charge >= 0.3 is 6.18 Å². The topological polar surface area (TPSA) is 35.5 Å². The molecule has 2 rings (SSSR count). The van der Waals surface area contributed by atoms with Crippen LogP contribution in [0.4, 0.5) is 13.2 Å². The van der Waals surface area contributed by atoms with Crippen molar-refractivity contribution in [3.8, 4) is 5.75 Å². The number of halogens is 4. The predicted octanol–water partition coefficient (Wildman–Crippen LogP) is 5.70. The number of benzene rings is 1. The number of nitrogens with one attached hydrogen (secondary N) is 1. The first-order chi connectivity index (χ1) is 12.7. The Morgan fingerprint density at radius 1 is 0.966 bits per heavy atom. The summed E-state index contributed by atoms with van der Waals surface area (Å²) in [5.41, 5.74) is 1.85. The number of rotatable bonds is 4. The van der Waals surface area contributed by atoms with E-state index in [4.69, 9.17) is 0 Å². The van der Waals surface area contributed by atoms with Crippen molar-refractivity contribution in [2.75, 3.05) is 26.2 Å². The first-order valence-corrected chi connectivity index (χ1v) is 10.1. The minimum Gasteiger partial charge on any atom is -0.507 e. The fourth-order valence-electron chi connectivity index (χ4n) is 3.85. The third kappa shape index (κ3) is 7.04. The Hall–Kier alpha value is -0.980. The highest BCUT2D eigenvalue weighted by molar-refractivity contribution is 5.85. The molecular weight excluding hydrogens is 401 g/mol. The molecule has 0 aromatic heterocycles. The quantitative estimate of drug-likeness (QED) is 0.635. The van der Waals surface area contributed by atoms with Crippen LogP contribution in [0, 0.1) is 0 Å². The number of nitrogens with zero attached hydrogens (tertiary/aromatic N) is 1. The van der Waals surface area contributed by atoms with Gasteiger partial charge in [0.15, 0.2) is 0 Å². The van der Waals surface area contributed by atoms with Gasteiger partial charge in [-0.05, 0) is 46.1 Å². The SMILES string of the molecule is CC(C)(C)c1cc([C@@H](CCC(F)(F)F)N2CCNCC2)cc(C(C)(C)C)c1O.Cl. The predicted molar refractivity (Wildman–Crippen MR) is 115 cm³/mol. The summed E-state index contributed by atoms with van der Waals surface area (Å²) in [7, 11) is 0. The van der Waals surface area contributed by atoms with Crippen molar-refractivity contribution >= 4 is 12.4 Å². The van der Waals surface area contributed by atoms with Crippen molar-refractivity contribution in [1.29, 1.82) is 0 Å². The van der Waals surface area contributed by atoms with Crippen LogP contribution < -0.4 is 5.32 Å². The largest absolute Gasteiger partial charge is 0.507 e. The van der Waals surface area contributed by atoms with Gasteiger partial charge in [-0.25, -0.2) is 0 Å². The van der Waals surface area contributed by atoms with E-state index >= 15 is 0 Å². The molecule has 1 saturated heterocycles. The van der Waals surface area contributed by atoms with E-state index in [0.29, 0.717) is 0 Å². The van der Waals surface area contributed by atoms with Crippen LogP contribution in [0.1, 0.15) is 77.1 Å². The fraction of sp³-hybridized carbons (Fsp3) is 0.727. The van der Waals surface area contributed by atoms with Gasteiger partial charge in [-0.2, -0.15) is 13.2 Å². The Morgan fingerprint density at radius 2 is 1.41 bits per heavy atom. The van der Waals surface area contributed by atoms with Gasteiger partial charge in [0.1, 0.15) is 5.75 Å². The second-order valence-corrected chi connectivity index (χ2v) is 9.92. The molecule has 29 heavy (non-hydrogen) atoms. The number of alkyl halides is 3. The summed E-state index contributed by atoms with van der Waals surface area (Å²) >= 11 is 0. The summed E-state index contributed by atoms with van der Waals surface area (Å²) < 4.78 is 39.1. The zero-order chi connectivity index (χ0) is 21.3. The third-order valence-corrected chi connectivity index (χ3v) is 5.43. The van der Waals surface area contributed by atoms with Gasteiger partial charge in [-0.3, -0.25) is 4.90 Å². The number of aromatic hydroxyl groups is 1. The van der Waals surface area contributed by atoms with Crippen LogP contribution in [0.25, 0.3) is 0 Å². The molecule has 0 unspecified atom stereocenters. The average molecular weight is 437 g/mol. The Bertz CT molecular complexity index is 637. The second kappa shape index (κ2) is 9.44. The lowest BCUT2D eigenvalue weighted by molar-refractivity contribution is -0.138. The highest BCUT2D eigenvalue weighted by Gasteiger charge is 2.33. The van der Waals surface area contributed by atoms with E-state index in [2.05, 4.69) is 10.2 Å². The number of phenols is 1. The van der Waals surface area contributed by atoms with Crippen molar-refractivity contribution < 1.29 is 18.3 Å². The van der Waals surface area contributed by atoms with Gasteiger partial charge in [0.05, 0.1) is 0 Å². The summed E-state index contributed by atoms with van der Waals surface area (Å²) in [6, 6.07) is 3.54. The van der Waals surface area contributed by atoms with Crippen LogP contribution in [-0.4, -0.2) is 42.4 Å². The molecule has 0 spiro atoms. The first-order valence-electron chi connectivity index (χ1n) is 10.1. The van der Waals surface area contributed by atoms with Crippen LogP contribution in [-0.2, 0) is 10.8 Å². The van der Waals surface area contributed by atoms with Crippen molar-refractivity contribution in [2.24, 2.45) is 0 Å². The van der Waals surface area contributed by atoms with Crippen molar-refractivity contribution in [2.45, 2.75) is 77.4 Å². The van der Waals surface area contributed by atoms with Crippen molar-refractivity contribution in [1.82, 2.24) is 10.2 Å². The Balaban J connectivity index is 0.00000420. The molecule has 1 aliphatic rings. The van der Waals surface area contributed by atoms with E-state index in [1.165, 1.54) is 0 Å². The van der Waals surface area contributed by atoms with Gasteiger partial charge < -0.3 is 10.4 Å². The first kappa shape index (κ1) is 26.1. The molecule has 0 saturated carbocycles.